The second-order valence-corrected chi connectivity index (χ2v) is 8.95. The zero-order chi connectivity index (χ0) is 21.7. The van der Waals surface area contributed by atoms with Crippen LogP contribution in [-0.4, -0.2) is 40.4 Å². The molecule has 0 radical (unpaired) electrons. The summed E-state index contributed by atoms with van der Waals surface area (Å²) in [7, 11) is -5.43. The summed E-state index contributed by atoms with van der Waals surface area (Å²) < 4.78 is 65.2. The van der Waals surface area contributed by atoms with Gasteiger partial charge in [-0.1, -0.05) is 36.4 Å². The van der Waals surface area contributed by atoms with E-state index in [4.69, 9.17) is 0 Å². The third-order valence-electron chi connectivity index (χ3n) is 5.34. The fourth-order valence-corrected chi connectivity index (χ4v) is 4.87. The maximum atomic E-state index is 13.0. The van der Waals surface area contributed by atoms with E-state index in [9.17, 15) is 31.5 Å². The topological polar surface area (TPSA) is 79.6 Å². The third-order valence-corrected chi connectivity index (χ3v) is 6.91. The minimum absolute atomic E-state index is 0.0918. The lowest BCUT2D eigenvalue weighted by Crippen LogP contribution is -2.43. The Labute approximate surface area is 170 Å². The largest absolute Gasteiger partial charge is 0.511 e. The number of fused-ring (bicyclic) bond motifs is 3. The predicted octanol–water partition coefficient (Wildman–Crippen LogP) is 3.60. The van der Waals surface area contributed by atoms with Crippen LogP contribution in [0.3, 0.4) is 0 Å². The molecule has 30 heavy (non-hydrogen) atoms. The van der Waals surface area contributed by atoms with E-state index in [0.29, 0.717) is 32.0 Å². The average Bonchev–Trinajstić information content (AvgIpc) is 3.01. The Morgan fingerprint density at radius 3 is 2.43 bits per heavy atom. The summed E-state index contributed by atoms with van der Waals surface area (Å²) in [5.41, 5.74) is -2.72. The number of sulfonamides is 1. The summed E-state index contributed by atoms with van der Waals surface area (Å²) in [4.78, 5) is 11.6. The molecule has 2 heterocycles. The Morgan fingerprint density at radius 2 is 1.73 bits per heavy atom. The smallest absolute Gasteiger partial charge is 0.478 e. The van der Waals surface area contributed by atoms with Gasteiger partial charge in [0.15, 0.2) is 0 Å². The number of hydrogen-bond donors (Lipinski definition) is 1. The van der Waals surface area contributed by atoms with Crippen LogP contribution in [0.25, 0.3) is 10.9 Å². The van der Waals surface area contributed by atoms with Crippen molar-refractivity contribution in [3.8, 4) is 0 Å². The summed E-state index contributed by atoms with van der Waals surface area (Å²) >= 11 is 0. The second-order valence-electron chi connectivity index (χ2n) is 7.03. The van der Waals surface area contributed by atoms with E-state index in [1.807, 2.05) is 4.57 Å². The van der Waals surface area contributed by atoms with Crippen LogP contribution in [-0.2, 0) is 29.5 Å². The fourth-order valence-electron chi connectivity index (χ4n) is 3.95. The van der Waals surface area contributed by atoms with Gasteiger partial charge in [0.05, 0.1) is 5.56 Å². The van der Waals surface area contributed by atoms with Gasteiger partial charge in [0.1, 0.15) is 0 Å². The van der Waals surface area contributed by atoms with Gasteiger partial charge in [-0.15, -0.1) is 0 Å². The van der Waals surface area contributed by atoms with Crippen molar-refractivity contribution in [1.29, 1.82) is 0 Å². The number of carboxylic acids is 1. The molecule has 0 saturated heterocycles. The first kappa shape index (κ1) is 20.4. The molecule has 6 nitrogen and oxygen atoms in total. The van der Waals surface area contributed by atoms with Gasteiger partial charge in [-0.3, -0.25) is 0 Å². The monoisotopic (exact) mass is 438 g/mol. The number of aromatic carboxylic acids is 1. The first-order valence-corrected chi connectivity index (χ1v) is 10.5. The van der Waals surface area contributed by atoms with Gasteiger partial charge in [0, 0.05) is 42.7 Å². The van der Waals surface area contributed by atoms with Gasteiger partial charge >= 0.3 is 21.5 Å². The molecule has 0 atom stereocenters. The predicted molar refractivity (Wildman–Crippen MR) is 104 cm³/mol. The van der Waals surface area contributed by atoms with Crippen LogP contribution in [0.4, 0.5) is 13.2 Å². The lowest BCUT2D eigenvalue weighted by atomic mass is 10.1. The maximum absolute atomic E-state index is 13.0. The zero-order valence-corrected chi connectivity index (χ0v) is 16.4. The van der Waals surface area contributed by atoms with Crippen LogP contribution in [0, 0.1) is 0 Å². The standard InChI is InChI=1S/C20H17F3N2O4S/c21-20(22,23)30(28,29)24-10-9-18-16(12-24)15-7-3-4-8-17(15)25(18)11-13-5-1-2-6-14(13)19(26)27/h1-8H,9-12H2,(H,26,27). The molecule has 0 fully saturated rings. The van der Waals surface area contributed by atoms with Gasteiger partial charge in [-0.2, -0.15) is 17.5 Å². The molecule has 0 unspecified atom stereocenters. The van der Waals surface area contributed by atoms with E-state index in [-0.39, 0.29) is 31.6 Å². The molecule has 0 spiro atoms. The molecule has 4 rings (SSSR count). The molecule has 0 aliphatic carbocycles. The van der Waals surface area contributed by atoms with Crippen LogP contribution in [0.2, 0.25) is 0 Å². The summed E-state index contributed by atoms with van der Waals surface area (Å²) in [5, 5.41) is 10.1. The Balaban J connectivity index is 1.82. The Bertz CT molecular complexity index is 1250. The number of alkyl halides is 3. The fraction of sp³-hybridized carbons (Fsp3) is 0.250. The molecular formula is C20H17F3N2O4S. The van der Waals surface area contributed by atoms with E-state index in [2.05, 4.69) is 0 Å². The highest BCUT2D eigenvalue weighted by Crippen LogP contribution is 2.36. The summed E-state index contributed by atoms with van der Waals surface area (Å²) in [5.74, 6) is -1.07. The number of benzene rings is 2. The number of carbonyl (C=O) groups is 1. The number of para-hydroxylation sites is 1. The molecule has 1 N–H and O–H groups in total. The second kappa shape index (κ2) is 7.13. The molecule has 0 amide bonds. The zero-order valence-electron chi connectivity index (χ0n) is 15.6. The van der Waals surface area contributed by atoms with Gasteiger partial charge in [0.25, 0.3) is 0 Å². The van der Waals surface area contributed by atoms with Crippen molar-refractivity contribution >= 4 is 26.9 Å². The molecule has 0 bridgehead atoms. The van der Waals surface area contributed by atoms with Gasteiger partial charge < -0.3 is 9.67 Å². The summed E-state index contributed by atoms with van der Waals surface area (Å²) in [6.45, 7) is -0.471. The minimum Gasteiger partial charge on any atom is -0.478 e. The number of halogens is 3. The van der Waals surface area contributed by atoms with Gasteiger partial charge in [0.2, 0.25) is 0 Å². The van der Waals surface area contributed by atoms with Crippen molar-refractivity contribution < 1.29 is 31.5 Å². The molecule has 1 aromatic heterocycles. The first-order valence-electron chi connectivity index (χ1n) is 9.08. The van der Waals surface area contributed by atoms with Crippen molar-refractivity contribution in [2.45, 2.75) is 25.0 Å². The SMILES string of the molecule is O=C(O)c1ccccc1Cn1c2c(c3ccccc31)CN(S(=O)(=O)C(F)(F)F)CC2. The van der Waals surface area contributed by atoms with Crippen molar-refractivity contribution in [3.63, 3.8) is 0 Å². The molecule has 158 valence electrons. The van der Waals surface area contributed by atoms with Crippen molar-refractivity contribution in [3.05, 3.63) is 70.9 Å². The maximum Gasteiger partial charge on any atom is 0.511 e. The first-order chi connectivity index (χ1) is 14.1. The lowest BCUT2D eigenvalue weighted by molar-refractivity contribution is -0.0492. The van der Waals surface area contributed by atoms with Crippen LogP contribution in [0.15, 0.2) is 48.5 Å². The van der Waals surface area contributed by atoms with Crippen molar-refractivity contribution in [1.82, 2.24) is 8.87 Å². The van der Waals surface area contributed by atoms with E-state index in [1.54, 1.807) is 42.5 Å². The third kappa shape index (κ3) is 3.25. The van der Waals surface area contributed by atoms with Crippen molar-refractivity contribution in [2.75, 3.05) is 6.54 Å². The molecular weight excluding hydrogens is 421 g/mol. The highest BCUT2D eigenvalue weighted by molar-refractivity contribution is 7.89. The number of nitrogens with zero attached hydrogens (tertiary/aromatic N) is 2. The van der Waals surface area contributed by atoms with Gasteiger partial charge in [-0.25, -0.2) is 13.2 Å². The van der Waals surface area contributed by atoms with Crippen LogP contribution in [0.5, 0.6) is 0 Å². The Kier molecular flexibility index (Phi) is 4.86. The molecule has 3 aromatic rings. The molecule has 2 aromatic carbocycles. The number of carboxylic acid groups (broad SMARTS) is 1. The van der Waals surface area contributed by atoms with Crippen LogP contribution in [0.1, 0.15) is 27.2 Å². The van der Waals surface area contributed by atoms with Crippen LogP contribution < -0.4 is 0 Å². The Morgan fingerprint density at radius 1 is 1.07 bits per heavy atom. The minimum atomic E-state index is -5.43. The normalized spacial score (nSPS) is 15.3. The molecule has 1 aliphatic heterocycles. The molecule has 10 heteroatoms. The van der Waals surface area contributed by atoms with Crippen LogP contribution >= 0.6 is 0 Å². The highest BCUT2D eigenvalue weighted by atomic mass is 32.2. The van der Waals surface area contributed by atoms with E-state index in [1.165, 1.54) is 6.07 Å². The number of hydrogen-bond acceptors (Lipinski definition) is 3. The number of rotatable bonds is 4. The average molecular weight is 438 g/mol. The number of aromatic nitrogens is 1. The van der Waals surface area contributed by atoms with E-state index in [0.717, 1.165) is 0 Å². The quantitative estimate of drug-likeness (QED) is 0.675. The molecule has 0 saturated carbocycles. The van der Waals surface area contributed by atoms with Gasteiger partial charge in [-0.05, 0) is 23.3 Å². The highest BCUT2D eigenvalue weighted by Gasteiger charge is 2.50. The van der Waals surface area contributed by atoms with E-state index >= 15 is 0 Å². The van der Waals surface area contributed by atoms with E-state index < -0.39 is 21.5 Å². The summed E-state index contributed by atoms with van der Waals surface area (Å²) in [6.07, 6.45) is 0.0918. The van der Waals surface area contributed by atoms with Crippen molar-refractivity contribution in [2.24, 2.45) is 0 Å². The molecule has 1 aliphatic rings. The summed E-state index contributed by atoms with van der Waals surface area (Å²) in [6, 6.07) is 13.6. The lowest BCUT2D eigenvalue weighted by Gasteiger charge is -2.28. The Hall–Kier alpha value is -2.85.